The van der Waals surface area contributed by atoms with Gasteiger partial charge in [-0.1, -0.05) is 30.3 Å². The second-order valence-corrected chi connectivity index (χ2v) is 6.60. The number of carbonyl (C=O) groups is 2. The summed E-state index contributed by atoms with van der Waals surface area (Å²) in [7, 11) is 0. The van der Waals surface area contributed by atoms with Crippen molar-refractivity contribution in [3.8, 4) is 22.9 Å². The van der Waals surface area contributed by atoms with Gasteiger partial charge in [0, 0.05) is 11.1 Å². The number of alkyl halides is 3. The van der Waals surface area contributed by atoms with Gasteiger partial charge < -0.3 is 4.74 Å². The van der Waals surface area contributed by atoms with Crippen LogP contribution in [0.3, 0.4) is 0 Å². The Morgan fingerprint density at radius 1 is 0.871 bits per heavy atom. The molecule has 154 valence electrons. The van der Waals surface area contributed by atoms with Crippen LogP contribution >= 0.6 is 0 Å². The Labute approximate surface area is 174 Å². The van der Waals surface area contributed by atoms with E-state index in [4.69, 9.17) is 0 Å². The summed E-state index contributed by atoms with van der Waals surface area (Å²) < 4.78 is 42.2. The van der Waals surface area contributed by atoms with Crippen LogP contribution in [0.15, 0.2) is 60.7 Å². The molecule has 9 heteroatoms. The number of para-hydroxylation sites is 1. The molecule has 2 amide bonds. The molecule has 0 atom stereocenters. The lowest BCUT2D eigenvalue weighted by Crippen LogP contribution is -2.29. The van der Waals surface area contributed by atoms with Crippen molar-refractivity contribution in [3.05, 3.63) is 83.2 Å². The number of pyridine rings is 1. The zero-order chi connectivity index (χ0) is 22.2. The van der Waals surface area contributed by atoms with Gasteiger partial charge >= 0.3 is 6.36 Å². The Morgan fingerprint density at radius 2 is 1.45 bits per heavy atom. The molecule has 0 N–H and O–H groups in total. The number of amides is 2. The minimum atomic E-state index is -4.90. The molecule has 0 saturated carbocycles. The van der Waals surface area contributed by atoms with E-state index in [2.05, 4.69) is 9.72 Å². The van der Waals surface area contributed by atoms with Gasteiger partial charge in [0.2, 0.25) is 0 Å². The van der Waals surface area contributed by atoms with Crippen LogP contribution in [0, 0.1) is 11.3 Å². The van der Waals surface area contributed by atoms with Gasteiger partial charge in [-0.3, -0.25) is 14.5 Å². The number of carbonyl (C=O) groups excluding carboxylic acids is 2. The molecular weight excluding hydrogens is 411 g/mol. The maximum Gasteiger partial charge on any atom is 0.573 e. The van der Waals surface area contributed by atoms with Gasteiger partial charge in [-0.15, -0.1) is 13.2 Å². The number of hydrogen-bond acceptors (Lipinski definition) is 5. The highest BCUT2D eigenvalue weighted by molar-refractivity contribution is 6.21. The predicted octanol–water partition coefficient (Wildman–Crippen LogP) is 4.32. The van der Waals surface area contributed by atoms with E-state index in [1.54, 1.807) is 24.3 Å². The molecule has 0 bridgehead atoms. The first-order valence-electron chi connectivity index (χ1n) is 8.99. The van der Waals surface area contributed by atoms with Gasteiger partial charge in [-0.25, -0.2) is 4.98 Å². The van der Waals surface area contributed by atoms with Gasteiger partial charge in [-0.2, -0.15) is 5.26 Å². The van der Waals surface area contributed by atoms with Crippen LogP contribution in [0.4, 0.5) is 13.2 Å². The average Bonchev–Trinajstić information content (AvgIpc) is 2.98. The zero-order valence-corrected chi connectivity index (χ0v) is 15.7. The molecule has 1 aliphatic heterocycles. The monoisotopic (exact) mass is 423 g/mol. The standard InChI is InChI=1S/C22H12F3N3O3/c23-22(24,25)31-19-8-4-3-5-15(19)14-10-9-13(27-18(14)11-26)12-28-20(29)16-6-1-2-7-17(16)21(28)30/h1-10H,12H2. The van der Waals surface area contributed by atoms with Crippen LogP contribution < -0.4 is 4.74 Å². The molecule has 31 heavy (non-hydrogen) atoms. The van der Waals surface area contributed by atoms with Crippen LogP contribution in [-0.4, -0.2) is 28.1 Å². The molecule has 4 rings (SSSR count). The van der Waals surface area contributed by atoms with Crippen LogP contribution in [0.1, 0.15) is 32.1 Å². The molecular formula is C22H12F3N3O3. The van der Waals surface area contributed by atoms with Crippen molar-refractivity contribution >= 4 is 11.8 Å². The van der Waals surface area contributed by atoms with E-state index in [0.717, 1.165) is 11.0 Å². The summed E-state index contributed by atoms with van der Waals surface area (Å²) in [5, 5.41) is 9.51. The summed E-state index contributed by atoms with van der Waals surface area (Å²) in [6.07, 6.45) is -4.90. The van der Waals surface area contributed by atoms with E-state index < -0.39 is 23.9 Å². The summed E-state index contributed by atoms with van der Waals surface area (Å²) in [5.74, 6) is -1.43. The van der Waals surface area contributed by atoms with Gasteiger partial charge in [0.25, 0.3) is 11.8 Å². The molecule has 0 unspecified atom stereocenters. The Balaban J connectivity index is 1.66. The van der Waals surface area contributed by atoms with Gasteiger partial charge in [0.1, 0.15) is 17.5 Å². The third-order valence-electron chi connectivity index (χ3n) is 4.66. The van der Waals surface area contributed by atoms with Gasteiger partial charge in [-0.05, 0) is 30.3 Å². The first-order chi connectivity index (χ1) is 14.8. The molecule has 0 aliphatic carbocycles. The number of nitrogens with zero attached hydrogens (tertiary/aromatic N) is 3. The summed E-state index contributed by atoms with van der Waals surface area (Å²) in [6.45, 7) is -0.179. The molecule has 0 saturated heterocycles. The van der Waals surface area contributed by atoms with E-state index in [1.165, 1.54) is 30.3 Å². The minimum absolute atomic E-state index is 0.0381. The van der Waals surface area contributed by atoms with E-state index >= 15 is 0 Å². The fraction of sp³-hybridized carbons (Fsp3) is 0.0909. The highest BCUT2D eigenvalue weighted by Gasteiger charge is 2.35. The van der Waals surface area contributed by atoms with E-state index in [0.29, 0.717) is 0 Å². The molecule has 2 aromatic carbocycles. The van der Waals surface area contributed by atoms with Crippen molar-refractivity contribution in [1.82, 2.24) is 9.88 Å². The number of aromatic nitrogens is 1. The summed E-state index contributed by atoms with van der Waals surface area (Å²) in [6, 6.07) is 16.5. The third kappa shape index (κ3) is 3.83. The lowest BCUT2D eigenvalue weighted by Gasteiger charge is -2.16. The maximum absolute atomic E-state index is 12.7. The second kappa shape index (κ2) is 7.57. The predicted molar refractivity (Wildman–Crippen MR) is 102 cm³/mol. The molecule has 6 nitrogen and oxygen atoms in total. The minimum Gasteiger partial charge on any atom is -0.405 e. The summed E-state index contributed by atoms with van der Waals surface area (Å²) >= 11 is 0. The Bertz CT molecular complexity index is 1210. The fourth-order valence-corrected chi connectivity index (χ4v) is 3.34. The van der Waals surface area contributed by atoms with Crippen molar-refractivity contribution in [2.75, 3.05) is 0 Å². The van der Waals surface area contributed by atoms with Crippen molar-refractivity contribution in [2.45, 2.75) is 12.9 Å². The van der Waals surface area contributed by atoms with Crippen LogP contribution in [-0.2, 0) is 6.54 Å². The number of rotatable bonds is 4. The molecule has 0 spiro atoms. The number of fused-ring (bicyclic) bond motifs is 1. The molecule has 3 aromatic rings. The molecule has 1 aromatic heterocycles. The Hall–Kier alpha value is -4.19. The highest BCUT2D eigenvalue weighted by atomic mass is 19.4. The quantitative estimate of drug-likeness (QED) is 0.584. The highest BCUT2D eigenvalue weighted by Crippen LogP contribution is 2.35. The maximum atomic E-state index is 12.7. The molecule has 0 radical (unpaired) electrons. The first kappa shape index (κ1) is 20.1. The van der Waals surface area contributed by atoms with Crippen molar-refractivity contribution in [3.63, 3.8) is 0 Å². The van der Waals surface area contributed by atoms with Crippen LogP contribution in [0.2, 0.25) is 0 Å². The van der Waals surface area contributed by atoms with Crippen molar-refractivity contribution in [2.24, 2.45) is 0 Å². The number of imide groups is 1. The number of benzene rings is 2. The number of ether oxygens (including phenoxy) is 1. The smallest absolute Gasteiger partial charge is 0.405 e. The van der Waals surface area contributed by atoms with Crippen molar-refractivity contribution < 1.29 is 27.5 Å². The Kier molecular flexibility index (Phi) is 4.91. The Morgan fingerprint density at radius 3 is 2.03 bits per heavy atom. The topological polar surface area (TPSA) is 83.3 Å². The van der Waals surface area contributed by atoms with E-state index in [1.807, 2.05) is 6.07 Å². The second-order valence-electron chi connectivity index (χ2n) is 6.60. The number of nitriles is 1. The van der Waals surface area contributed by atoms with Crippen LogP contribution in [0.25, 0.3) is 11.1 Å². The zero-order valence-electron chi connectivity index (χ0n) is 15.7. The lowest BCUT2D eigenvalue weighted by atomic mass is 10.0. The number of halogens is 3. The largest absolute Gasteiger partial charge is 0.573 e. The van der Waals surface area contributed by atoms with Gasteiger partial charge in [0.15, 0.2) is 0 Å². The molecule has 0 fully saturated rings. The summed E-state index contributed by atoms with van der Waals surface area (Å²) in [4.78, 5) is 30.2. The SMILES string of the molecule is N#Cc1nc(CN2C(=O)c3ccccc3C2=O)ccc1-c1ccccc1OC(F)(F)F. The van der Waals surface area contributed by atoms with Crippen molar-refractivity contribution in [1.29, 1.82) is 5.26 Å². The van der Waals surface area contributed by atoms with Gasteiger partial charge in [0.05, 0.1) is 23.4 Å². The lowest BCUT2D eigenvalue weighted by molar-refractivity contribution is -0.274. The van der Waals surface area contributed by atoms with E-state index in [9.17, 15) is 28.0 Å². The van der Waals surface area contributed by atoms with E-state index in [-0.39, 0.29) is 40.2 Å². The molecule has 2 heterocycles. The molecule has 1 aliphatic rings. The average molecular weight is 423 g/mol. The van der Waals surface area contributed by atoms with Crippen LogP contribution in [0.5, 0.6) is 5.75 Å². The normalized spacial score (nSPS) is 13.2. The summed E-state index contributed by atoms with van der Waals surface area (Å²) in [5.41, 5.74) is 0.812. The fourth-order valence-electron chi connectivity index (χ4n) is 3.34. The number of hydrogen-bond donors (Lipinski definition) is 0. The first-order valence-corrected chi connectivity index (χ1v) is 8.99. The third-order valence-corrected chi connectivity index (χ3v) is 4.66.